The van der Waals surface area contributed by atoms with Gasteiger partial charge in [-0.3, -0.25) is 4.68 Å². The van der Waals surface area contributed by atoms with Gasteiger partial charge in [0.1, 0.15) is 0 Å². The molecule has 8 nitrogen and oxygen atoms in total. The molecule has 0 saturated heterocycles. The second-order valence-corrected chi connectivity index (χ2v) is 6.27. The van der Waals surface area contributed by atoms with Gasteiger partial charge in [0.25, 0.3) is 0 Å². The maximum Gasteiger partial charge on any atom is 0.323 e. The lowest BCUT2D eigenvalue weighted by molar-refractivity contribution is 0.262. The number of nitrogens with one attached hydrogen (secondary N) is 2. The monoisotopic (exact) mass is 329 g/mol. The molecule has 0 bridgehead atoms. The minimum absolute atomic E-state index is 0.328. The molecule has 0 unspecified atom stereocenters. The summed E-state index contributed by atoms with van der Waals surface area (Å²) in [7, 11) is 3.72. The van der Waals surface area contributed by atoms with Crippen LogP contribution in [0.3, 0.4) is 0 Å². The Hall–Kier alpha value is -2.64. The summed E-state index contributed by atoms with van der Waals surface area (Å²) in [6.07, 6.45) is 9.67. The van der Waals surface area contributed by atoms with E-state index in [4.69, 9.17) is 0 Å². The van der Waals surface area contributed by atoms with Crippen LogP contribution < -0.4 is 15.5 Å². The first-order valence-corrected chi connectivity index (χ1v) is 8.16. The predicted molar refractivity (Wildman–Crippen MR) is 93.5 cm³/mol. The summed E-state index contributed by atoms with van der Waals surface area (Å²) in [5.41, 5.74) is 2.25. The highest BCUT2D eigenvalue weighted by atomic mass is 16.2. The van der Waals surface area contributed by atoms with Crippen molar-refractivity contribution in [3.63, 3.8) is 0 Å². The molecule has 1 saturated carbocycles. The molecule has 1 aliphatic carbocycles. The van der Waals surface area contributed by atoms with Crippen LogP contribution in [0.4, 0.5) is 22.1 Å². The number of rotatable bonds is 4. The van der Waals surface area contributed by atoms with Gasteiger partial charge in [0.2, 0.25) is 5.95 Å². The van der Waals surface area contributed by atoms with Crippen molar-refractivity contribution >= 4 is 23.4 Å². The van der Waals surface area contributed by atoms with Gasteiger partial charge in [-0.25, -0.2) is 14.8 Å². The van der Waals surface area contributed by atoms with Crippen molar-refractivity contribution in [3.8, 4) is 0 Å². The van der Waals surface area contributed by atoms with Crippen LogP contribution in [0.5, 0.6) is 0 Å². The van der Waals surface area contributed by atoms with E-state index in [1.807, 2.05) is 25.7 Å². The SMILES string of the molecule is Cc1c(NC(=O)Nc2cnc(N(C)C)nc2)cnn1C1CCCC1. The van der Waals surface area contributed by atoms with Crippen LogP contribution in [-0.2, 0) is 0 Å². The second-order valence-electron chi connectivity index (χ2n) is 6.27. The van der Waals surface area contributed by atoms with E-state index >= 15 is 0 Å². The molecule has 24 heavy (non-hydrogen) atoms. The fraction of sp³-hybridized carbons (Fsp3) is 0.500. The third-order valence-corrected chi connectivity index (χ3v) is 4.26. The van der Waals surface area contributed by atoms with E-state index in [1.165, 1.54) is 12.8 Å². The fourth-order valence-electron chi connectivity index (χ4n) is 2.96. The Kier molecular flexibility index (Phi) is 4.64. The molecule has 2 heterocycles. The largest absolute Gasteiger partial charge is 0.347 e. The highest BCUT2D eigenvalue weighted by Gasteiger charge is 2.20. The zero-order valence-corrected chi connectivity index (χ0v) is 14.3. The van der Waals surface area contributed by atoms with Crippen LogP contribution in [0.15, 0.2) is 18.6 Å². The Morgan fingerprint density at radius 1 is 1.17 bits per heavy atom. The summed E-state index contributed by atoms with van der Waals surface area (Å²) in [5.74, 6) is 0.592. The molecule has 2 aromatic heterocycles. The molecule has 2 aromatic rings. The first kappa shape index (κ1) is 16.2. The molecule has 0 radical (unpaired) electrons. The molecule has 3 rings (SSSR count). The standard InChI is InChI=1S/C16H23N7O/c1-11-14(10-19-23(11)13-6-4-5-7-13)21-16(24)20-12-8-17-15(18-9-12)22(2)3/h8-10,13H,4-7H2,1-3H3,(H2,20,21,24). The summed E-state index contributed by atoms with van der Waals surface area (Å²) in [5, 5.41) is 10.0. The minimum atomic E-state index is -0.328. The smallest absolute Gasteiger partial charge is 0.323 e. The van der Waals surface area contributed by atoms with E-state index in [0.29, 0.717) is 17.7 Å². The molecule has 2 amide bonds. The molecule has 8 heteroatoms. The first-order chi connectivity index (χ1) is 11.5. The summed E-state index contributed by atoms with van der Waals surface area (Å²) < 4.78 is 2.03. The van der Waals surface area contributed by atoms with Crippen molar-refractivity contribution in [3.05, 3.63) is 24.3 Å². The molecule has 1 aliphatic rings. The average Bonchev–Trinajstić information content (AvgIpc) is 3.19. The Morgan fingerprint density at radius 3 is 2.46 bits per heavy atom. The zero-order valence-electron chi connectivity index (χ0n) is 14.3. The van der Waals surface area contributed by atoms with Crippen LogP contribution in [0.25, 0.3) is 0 Å². The van der Waals surface area contributed by atoms with Crippen LogP contribution in [-0.4, -0.2) is 39.9 Å². The molecule has 128 valence electrons. The van der Waals surface area contributed by atoms with Crippen molar-refractivity contribution in [1.29, 1.82) is 0 Å². The number of hydrogen-bond donors (Lipinski definition) is 2. The van der Waals surface area contributed by atoms with Crippen molar-refractivity contribution in [2.75, 3.05) is 29.6 Å². The van der Waals surface area contributed by atoms with Gasteiger partial charge in [0.15, 0.2) is 0 Å². The van der Waals surface area contributed by atoms with Crippen LogP contribution in [0.2, 0.25) is 0 Å². The van der Waals surface area contributed by atoms with Crippen molar-refractivity contribution in [2.45, 2.75) is 38.6 Å². The molecule has 0 aliphatic heterocycles. The third kappa shape index (κ3) is 3.47. The molecule has 0 spiro atoms. The Labute approximate surface area is 141 Å². The lowest BCUT2D eigenvalue weighted by Crippen LogP contribution is -2.20. The Balaban J connectivity index is 1.62. The van der Waals surface area contributed by atoms with Gasteiger partial charge in [0.05, 0.1) is 41.7 Å². The number of anilines is 3. The number of urea groups is 1. The van der Waals surface area contributed by atoms with E-state index in [2.05, 4.69) is 25.7 Å². The molecule has 2 N–H and O–H groups in total. The number of carbonyl (C=O) groups excluding carboxylic acids is 1. The highest BCUT2D eigenvalue weighted by molar-refractivity contribution is 5.99. The highest BCUT2D eigenvalue weighted by Crippen LogP contribution is 2.31. The maximum atomic E-state index is 12.2. The van der Waals surface area contributed by atoms with Gasteiger partial charge in [-0.15, -0.1) is 0 Å². The average molecular weight is 329 g/mol. The van der Waals surface area contributed by atoms with E-state index in [0.717, 1.165) is 24.2 Å². The molecular formula is C16H23N7O. The van der Waals surface area contributed by atoms with E-state index in [1.54, 1.807) is 23.5 Å². The van der Waals surface area contributed by atoms with Gasteiger partial charge < -0.3 is 15.5 Å². The lowest BCUT2D eigenvalue weighted by Gasteiger charge is -2.13. The van der Waals surface area contributed by atoms with E-state index in [9.17, 15) is 4.79 Å². The van der Waals surface area contributed by atoms with E-state index in [-0.39, 0.29) is 6.03 Å². The normalized spacial score (nSPS) is 14.6. The van der Waals surface area contributed by atoms with Crippen molar-refractivity contribution in [2.24, 2.45) is 0 Å². The molecule has 0 atom stereocenters. The quantitative estimate of drug-likeness (QED) is 0.900. The Bertz CT molecular complexity index is 702. The summed E-state index contributed by atoms with van der Waals surface area (Å²) in [6, 6.07) is 0.126. The number of amides is 2. The number of nitrogens with zero attached hydrogens (tertiary/aromatic N) is 5. The first-order valence-electron chi connectivity index (χ1n) is 8.16. The van der Waals surface area contributed by atoms with Crippen LogP contribution in [0, 0.1) is 6.92 Å². The van der Waals surface area contributed by atoms with Gasteiger partial charge in [-0.1, -0.05) is 12.8 Å². The van der Waals surface area contributed by atoms with Gasteiger partial charge in [-0.2, -0.15) is 5.10 Å². The zero-order chi connectivity index (χ0) is 17.1. The Morgan fingerprint density at radius 2 is 1.83 bits per heavy atom. The molecule has 0 aromatic carbocycles. The van der Waals surface area contributed by atoms with Gasteiger partial charge >= 0.3 is 6.03 Å². The maximum absolute atomic E-state index is 12.2. The van der Waals surface area contributed by atoms with Crippen LogP contribution >= 0.6 is 0 Å². The topological polar surface area (TPSA) is 88.0 Å². The summed E-state index contributed by atoms with van der Waals surface area (Å²) >= 11 is 0. The van der Waals surface area contributed by atoms with Crippen molar-refractivity contribution < 1.29 is 4.79 Å². The van der Waals surface area contributed by atoms with Gasteiger partial charge in [-0.05, 0) is 19.8 Å². The summed E-state index contributed by atoms with van der Waals surface area (Å²) in [6.45, 7) is 1.98. The van der Waals surface area contributed by atoms with Crippen LogP contribution in [0.1, 0.15) is 37.4 Å². The lowest BCUT2D eigenvalue weighted by atomic mass is 10.2. The molecular weight excluding hydrogens is 306 g/mol. The second kappa shape index (κ2) is 6.86. The number of aromatic nitrogens is 4. The summed E-state index contributed by atoms with van der Waals surface area (Å²) in [4.78, 5) is 22.3. The molecule has 1 fully saturated rings. The predicted octanol–water partition coefficient (Wildman–Crippen LogP) is 2.81. The fourth-order valence-corrected chi connectivity index (χ4v) is 2.96. The minimum Gasteiger partial charge on any atom is -0.347 e. The number of carbonyl (C=O) groups is 1. The van der Waals surface area contributed by atoms with E-state index < -0.39 is 0 Å². The number of hydrogen-bond acceptors (Lipinski definition) is 5. The van der Waals surface area contributed by atoms with Gasteiger partial charge in [0, 0.05) is 14.1 Å². The third-order valence-electron chi connectivity index (χ3n) is 4.26. The van der Waals surface area contributed by atoms with Crippen molar-refractivity contribution in [1.82, 2.24) is 19.7 Å².